The Bertz CT molecular complexity index is 2060. The Morgan fingerprint density at radius 1 is 1.14 bits per heavy atom. The van der Waals surface area contributed by atoms with E-state index in [1.165, 1.54) is 16.7 Å². The van der Waals surface area contributed by atoms with E-state index in [4.69, 9.17) is 9.47 Å². The summed E-state index contributed by atoms with van der Waals surface area (Å²) in [6.45, 7) is 9.14. The standard InChI is InChI=1S/C38H48F3N7O7S/c1-21(54-7)30-23(10-8-14-42-30)31-25(18-37(5,6)20-49)24-16-22(12-13-28(24)47(31)19-38(39,40)41)32-44-29(46-56-32)17-27(43-35(53)55-36(2,3)4)33(50)48-15-9-11-26(45-48)34(51)52/h8,10,12-14,16,21,26-27,45,49H,9,11,15,17-20H2,1-7H3,(H,43,53)(H,51,52)/t21-,26-,27-/m0/s1. The number of aliphatic hydroxyl groups is 1. The quantitative estimate of drug-likeness (QED) is 0.123. The summed E-state index contributed by atoms with van der Waals surface area (Å²) in [5, 5.41) is 24.5. The maximum Gasteiger partial charge on any atom is 0.408 e. The van der Waals surface area contributed by atoms with Crippen LogP contribution in [0, 0.1) is 5.41 Å². The first-order chi connectivity index (χ1) is 26.2. The normalized spacial score (nSPS) is 16.5. The molecule has 0 aliphatic carbocycles. The van der Waals surface area contributed by atoms with Crippen LogP contribution in [0.5, 0.6) is 0 Å². The molecule has 3 aromatic heterocycles. The Balaban J connectivity index is 1.59. The van der Waals surface area contributed by atoms with Crippen molar-refractivity contribution in [2.45, 2.75) is 104 Å². The molecule has 1 aromatic carbocycles. The molecule has 1 aliphatic rings. The van der Waals surface area contributed by atoms with E-state index in [9.17, 15) is 37.8 Å². The van der Waals surface area contributed by atoms with E-state index >= 15 is 0 Å². The van der Waals surface area contributed by atoms with Crippen LogP contribution in [0.2, 0.25) is 0 Å². The average Bonchev–Trinajstić information content (AvgIpc) is 3.71. The van der Waals surface area contributed by atoms with E-state index < -0.39 is 59.9 Å². The lowest BCUT2D eigenvalue weighted by Crippen LogP contribution is -2.60. The minimum Gasteiger partial charge on any atom is -0.480 e. The highest BCUT2D eigenvalue weighted by Gasteiger charge is 2.36. The molecule has 0 bridgehead atoms. The number of hydrogen-bond acceptors (Lipinski definition) is 11. The number of alkyl halides is 3. The van der Waals surface area contributed by atoms with Crippen LogP contribution in [-0.2, 0) is 38.4 Å². The van der Waals surface area contributed by atoms with Crippen LogP contribution >= 0.6 is 11.5 Å². The number of carboxylic acids is 1. The predicted molar refractivity (Wildman–Crippen MR) is 202 cm³/mol. The topological polar surface area (TPSA) is 181 Å². The highest BCUT2D eigenvalue weighted by atomic mass is 32.1. The molecular formula is C38H48F3N7O7S. The number of rotatable bonds is 13. The van der Waals surface area contributed by atoms with Gasteiger partial charge in [0.05, 0.1) is 17.5 Å². The fourth-order valence-electron chi connectivity index (χ4n) is 6.57. The molecule has 56 heavy (non-hydrogen) atoms. The molecule has 1 saturated heterocycles. The highest BCUT2D eigenvalue weighted by Crippen LogP contribution is 2.42. The first kappa shape index (κ1) is 42.5. The number of pyridine rings is 1. The molecule has 2 amide bonds. The lowest BCUT2D eigenvalue weighted by molar-refractivity contribution is -0.148. The van der Waals surface area contributed by atoms with Gasteiger partial charge >= 0.3 is 18.2 Å². The molecule has 0 spiro atoms. The second kappa shape index (κ2) is 16.8. The number of halogens is 3. The molecule has 18 heteroatoms. The van der Waals surface area contributed by atoms with Crippen LogP contribution in [0.15, 0.2) is 36.5 Å². The number of carboxylic acid groups (broad SMARTS) is 1. The van der Waals surface area contributed by atoms with Crippen molar-refractivity contribution in [3.63, 3.8) is 0 Å². The number of carbonyl (C=O) groups is 3. The molecule has 1 fully saturated rings. The third-order valence-electron chi connectivity index (χ3n) is 9.26. The second-order valence-electron chi connectivity index (χ2n) is 15.6. The van der Waals surface area contributed by atoms with Gasteiger partial charge in [-0.25, -0.2) is 15.2 Å². The fourth-order valence-corrected chi connectivity index (χ4v) is 7.26. The van der Waals surface area contributed by atoms with Crippen molar-refractivity contribution >= 4 is 40.4 Å². The van der Waals surface area contributed by atoms with E-state index in [1.807, 2.05) is 13.8 Å². The number of aliphatic carboxylic acids is 1. The zero-order valence-electron chi connectivity index (χ0n) is 32.4. The first-order valence-corrected chi connectivity index (χ1v) is 18.9. The third kappa shape index (κ3) is 10.2. The minimum absolute atomic E-state index is 0.170. The predicted octanol–water partition coefficient (Wildman–Crippen LogP) is 6.07. The van der Waals surface area contributed by atoms with Crippen molar-refractivity contribution in [1.29, 1.82) is 0 Å². The summed E-state index contributed by atoms with van der Waals surface area (Å²) in [5.74, 6) is -1.53. The van der Waals surface area contributed by atoms with Crippen molar-refractivity contribution in [2.75, 3.05) is 20.3 Å². The van der Waals surface area contributed by atoms with Crippen molar-refractivity contribution in [3.8, 4) is 21.8 Å². The number of benzene rings is 1. The van der Waals surface area contributed by atoms with Crippen LogP contribution < -0.4 is 10.7 Å². The van der Waals surface area contributed by atoms with E-state index in [1.54, 1.807) is 64.2 Å². The number of carbonyl (C=O) groups excluding carboxylic acids is 2. The summed E-state index contributed by atoms with van der Waals surface area (Å²) >= 11 is 1.01. The molecule has 0 saturated carbocycles. The van der Waals surface area contributed by atoms with Gasteiger partial charge in [0.25, 0.3) is 5.91 Å². The Kier molecular flexibility index (Phi) is 12.8. The van der Waals surface area contributed by atoms with Gasteiger partial charge in [-0.3, -0.25) is 19.6 Å². The number of aliphatic hydroxyl groups excluding tert-OH is 1. The number of aromatic nitrogens is 4. The summed E-state index contributed by atoms with van der Waals surface area (Å²) in [6, 6.07) is 6.16. The smallest absolute Gasteiger partial charge is 0.408 e. The molecular weight excluding hydrogens is 756 g/mol. The van der Waals surface area contributed by atoms with Gasteiger partial charge in [0.1, 0.15) is 35.1 Å². The summed E-state index contributed by atoms with van der Waals surface area (Å²) < 4.78 is 59.7. The maximum absolute atomic E-state index is 14.3. The van der Waals surface area contributed by atoms with Crippen LogP contribution in [0.4, 0.5) is 18.0 Å². The average molecular weight is 804 g/mol. The number of nitrogens with zero attached hydrogens (tertiary/aromatic N) is 5. The van der Waals surface area contributed by atoms with Gasteiger partial charge in [-0.05, 0) is 99.8 Å². The number of ether oxygens (including phenoxy) is 2. The minimum atomic E-state index is -4.58. The Hall–Kier alpha value is -4.65. The molecule has 4 heterocycles. The van der Waals surface area contributed by atoms with Gasteiger partial charge < -0.3 is 29.6 Å². The Morgan fingerprint density at radius 3 is 2.52 bits per heavy atom. The monoisotopic (exact) mass is 803 g/mol. The first-order valence-electron chi connectivity index (χ1n) is 18.1. The van der Waals surface area contributed by atoms with Crippen LogP contribution in [0.3, 0.4) is 0 Å². The zero-order valence-corrected chi connectivity index (χ0v) is 33.2. The Morgan fingerprint density at radius 2 is 1.88 bits per heavy atom. The lowest BCUT2D eigenvalue weighted by atomic mass is 9.84. The van der Waals surface area contributed by atoms with Crippen molar-refractivity contribution in [2.24, 2.45) is 5.41 Å². The third-order valence-corrected chi connectivity index (χ3v) is 10.1. The molecule has 4 aromatic rings. The number of nitrogens with one attached hydrogen (secondary N) is 2. The summed E-state index contributed by atoms with van der Waals surface area (Å²) in [4.78, 5) is 47.4. The highest BCUT2D eigenvalue weighted by molar-refractivity contribution is 7.09. The van der Waals surface area contributed by atoms with E-state index in [0.717, 1.165) is 11.5 Å². The van der Waals surface area contributed by atoms with Crippen molar-refractivity contribution in [3.05, 3.63) is 53.6 Å². The van der Waals surface area contributed by atoms with E-state index in [0.29, 0.717) is 56.8 Å². The van der Waals surface area contributed by atoms with Crippen LogP contribution in [0.1, 0.15) is 77.6 Å². The molecule has 5 rings (SSSR count). The SMILES string of the molecule is CO[C@@H](C)c1ncccc1-c1c(CC(C)(C)CO)c2cc(-c3nc(C[C@H](NC(=O)OC(C)(C)C)C(=O)N4CCC[C@@H](C(=O)O)N4)ns3)ccc2n1CC(F)(F)F. The molecule has 3 atom stereocenters. The van der Waals surface area contributed by atoms with Gasteiger partial charge in [-0.1, -0.05) is 13.8 Å². The number of amides is 2. The molecule has 14 nitrogen and oxygen atoms in total. The molecule has 1 aliphatic heterocycles. The van der Waals surface area contributed by atoms with Gasteiger partial charge in [0.2, 0.25) is 0 Å². The summed E-state index contributed by atoms with van der Waals surface area (Å²) in [6.07, 6.45) is -3.63. The van der Waals surface area contributed by atoms with Crippen LogP contribution in [0.25, 0.3) is 32.7 Å². The van der Waals surface area contributed by atoms with Crippen LogP contribution in [-0.4, -0.2) is 96.2 Å². The van der Waals surface area contributed by atoms with Gasteiger partial charge in [0, 0.05) is 54.9 Å². The number of hydrazine groups is 1. The van der Waals surface area contributed by atoms with Gasteiger partial charge in [0.15, 0.2) is 0 Å². The largest absolute Gasteiger partial charge is 0.480 e. The molecule has 304 valence electrons. The van der Waals surface area contributed by atoms with Crippen molar-refractivity contribution < 1.29 is 47.2 Å². The molecule has 4 N–H and O–H groups in total. The fraction of sp³-hybridized carbons (Fsp3) is 0.526. The van der Waals surface area contributed by atoms with Gasteiger partial charge in [-0.15, -0.1) is 0 Å². The number of methoxy groups -OCH3 is 1. The zero-order chi connectivity index (χ0) is 41.2. The number of alkyl carbamates (subject to hydrolysis) is 1. The molecule has 0 unspecified atom stereocenters. The summed E-state index contributed by atoms with van der Waals surface area (Å²) in [7, 11) is 1.50. The number of fused-ring (bicyclic) bond motifs is 1. The van der Waals surface area contributed by atoms with Crippen molar-refractivity contribution in [1.82, 2.24) is 34.7 Å². The maximum atomic E-state index is 14.3. The summed E-state index contributed by atoms with van der Waals surface area (Å²) in [5.41, 5.74) is 3.80. The van der Waals surface area contributed by atoms with Gasteiger partial charge in [-0.2, -0.15) is 17.5 Å². The van der Waals surface area contributed by atoms with E-state index in [-0.39, 0.29) is 31.8 Å². The number of hydrogen-bond donors (Lipinski definition) is 4. The Labute approximate surface area is 326 Å². The second-order valence-corrected chi connectivity index (χ2v) is 16.4. The molecule has 0 radical (unpaired) electrons. The lowest BCUT2D eigenvalue weighted by Gasteiger charge is -2.34. The van der Waals surface area contributed by atoms with E-state index in [2.05, 4.69) is 25.1 Å².